The molecule has 13 heavy (non-hydrogen) atoms. The van der Waals surface area contributed by atoms with E-state index in [1.54, 1.807) is 6.20 Å². The van der Waals surface area contributed by atoms with Gasteiger partial charge in [0.25, 0.3) is 0 Å². The molecular weight excluding hydrogens is 188 g/mol. The number of thiazole rings is 1. The van der Waals surface area contributed by atoms with Gasteiger partial charge in [-0.05, 0) is 12.8 Å². The fraction of sp³-hybridized carbons (Fsp3) is 0.500. The van der Waals surface area contributed by atoms with Gasteiger partial charge in [-0.3, -0.25) is 0 Å². The summed E-state index contributed by atoms with van der Waals surface area (Å²) in [5.74, 6) is -0.743. The van der Waals surface area contributed by atoms with Crippen LogP contribution < -0.4 is 4.90 Å². The molecule has 1 unspecified atom stereocenters. The van der Waals surface area contributed by atoms with Crippen LogP contribution in [0.3, 0.4) is 0 Å². The Kier molecular flexibility index (Phi) is 2.18. The van der Waals surface area contributed by atoms with Crippen molar-refractivity contribution in [3.8, 4) is 0 Å². The minimum atomic E-state index is -0.743. The predicted octanol–water partition coefficient (Wildman–Crippen LogP) is 1.20. The van der Waals surface area contributed by atoms with E-state index >= 15 is 0 Å². The van der Waals surface area contributed by atoms with Gasteiger partial charge in [-0.25, -0.2) is 9.78 Å². The maximum absolute atomic E-state index is 10.8. The van der Waals surface area contributed by atoms with Crippen LogP contribution >= 0.6 is 11.3 Å². The minimum absolute atomic E-state index is 0.369. The summed E-state index contributed by atoms with van der Waals surface area (Å²) >= 11 is 1.49. The van der Waals surface area contributed by atoms with Gasteiger partial charge in [0.1, 0.15) is 6.04 Å². The summed E-state index contributed by atoms with van der Waals surface area (Å²) in [7, 11) is 0. The molecule has 1 aromatic heterocycles. The second kappa shape index (κ2) is 3.33. The van der Waals surface area contributed by atoms with Crippen molar-refractivity contribution in [3.05, 3.63) is 11.6 Å². The minimum Gasteiger partial charge on any atom is -0.480 e. The molecule has 0 aromatic carbocycles. The number of hydrogen-bond donors (Lipinski definition) is 1. The second-order valence-corrected chi connectivity index (χ2v) is 3.88. The van der Waals surface area contributed by atoms with E-state index < -0.39 is 5.97 Å². The maximum Gasteiger partial charge on any atom is 0.326 e. The first kappa shape index (κ1) is 8.50. The monoisotopic (exact) mass is 198 g/mol. The van der Waals surface area contributed by atoms with Crippen molar-refractivity contribution in [3.63, 3.8) is 0 Å². The molecular formula is C8H10N2O2S. The van der Waals surface area contributed by atoms with E-state index in [4.69, 9.17) is 5.11 Å². The van der Waals surface area contributed by atoms with Gasteiger partial charge in [0, 0.05) is 18.1 Å². The first-order valence-electron chi connectivity index (χ1n) is 4.18. The van der Waals surface area contributed by atoms with Gasteiger partial charge in [-0.2, -0.15) is 0 Å². The van der Waals surface area contributed by atoms with Crippen LogP contribution in [0.25, 0.3) is 0 Å². The molecule has 70 valence electrons. The van der Waals surface area contributed by atoms with Crippen LogP contribution in [0.5, 0.6) is 0 Å². The zero-order valence-corrected chi connectivity index (χ0v) is 7.83. The SMILES string of the molecule is O=C(O)C1CCCN1c1nccs1. The standard InChI is InChI=1S/C8H10N2O2S/c11-7(12)6-2-1-4-10(6)8-9-3-5-13-8/h3,5-6H,1-2,4H2,(H,11,12). The molecule has 5 heteroatoms. The van der Waals surface area contributed by atoms with E-state index in [-0.39, 0.29) is 6.04 Å². The highest BCUT2D eigenvalue weighted by molar-refractivity contribution is 7.13. The van der Waals surface area contributed by atoms with Crippen LogP contribution in [0.15, 0.2) is 11.6 Å². The Bertz CT molecular complexity index is 299. The molecule has 1 aliphatic rings. The van der Waals surface area contributed by atoms with Crippen LogP contribution in [0.2, 0.25) is 0 Å². The zero-order valence-electron chi connectivity index (χ0n) is 7.01. The Labute approximate surface area is 79.8 Å². The molecule has 0 radical (unpaired) electrons. The largest absolute Gasteiger partial charge is 0.480 e. The molecule has 2 rings (SSSR count). The zero-order chi connectivity index (χ0) is 9.26. The van der Waals surface area contributed by atoms with E-state index in [9.17, 15) is 4.79 Å². The highest BCUT2D eigenvalue weighted by Crippen LogP contribution is 2.26. The summed E-state index contributed by atoms with van der Waals surface area (Å²) in [6, 6.07) is -0.369. The van der Waals surface area contributed by atoms with Gasteiger partial charge < -0.3 is 10.0 Å². The highest BCUT2D eigenvalue weighted by Gasteiger charge is 2.31. The van der Waals surface area contributed by atoms with Crippen molar-refractivity contribution in [2.45, 2.75) is 18.9 Å². The summed E-state index contributed by atoms with van der Waals surface area (Å²) in [5.41, 5.74) is 0. The van der Waals surface area contributed by atoms with Gasteiger partial charge in [-0.1, -0.05) is 0 Å². The smallest absolute Gasteiger partial charge is 0.326 e. The first-order valence-corrected chi connectivity index (χ1v) is 5.06. The summed E-state index contributed by atoms with van der Waals surface area (Å²) in [4.78, 5) is 16.8. The number of aromatic nitrogens is 1. The average Bonchev–Trinajstić information content (AvgIpc) is 2.74. The van der Waals surface area contributed by atoms with Gasteiger partial charge in [0.05, 0.1) is 0 Å². The Hall–Kier alpha value is -1.10. The van der Waals surface area contributed by atoms with E-state index in [0.29, 0.717) is 0 Å². The molecule has 1 aliphatic heterocycles. The summed E-state index contributed by atoms with van der Waals surface area (Å²) < 4.78 is 0. The quantitative estimate of drug-likeness (QED) is 0.775. The third-order valence-corrected chi connectivity index (χ3v) is 3.01. The third-order valence-electron chi connectivity index (χ3n) is 2.20. The number of carbonyl (C=O) groups is 1. The number of nitrogens with zero attached hydrogens (tertiary/aromatic N) is 2. The van der Waals surface area contributed by atoms with Crippen LogP contribution in [0.1, 0.15) is 12.8 Å². The molecule has 0 bridgehead atoms. The van der Waals surface area contributed by atoms with Crippen molar-refractivity contribution >= 4 is 22.4 Å². The van der Waals surface area contributed by atoms with Crippen molar-refractivity contribution in [1.82, 2.24) is 4.98 Å². The van der Waals surface area contributed by atoms with Crippen molar-refractivity contribution < 1.29 is 9.90 Å². The number of carboxylic acids is 1. The van der Waals surface area contributed by atoms with Crippen LogP contribution in [-0.2, 0) is 4.79 Å². The molecule has 1 N–H and O–H groups in total. The first-order chi connectivity index (χ1) is 6.29. The van der Waals surface area contributed by atoms with E-state index in [0.717, 1.165) is 24.5 Å². The number of anilines is 1. The summed E-state index contributed by atoms with van der Waals surface area (Å²) in [6.07, 6.45) is 3.38. The highest BCUT2D eigenvalue weighted by atomic mass is 32.1. The molecule has 0 spiro atoms. The third kappa shape index (κ3) is 1.51. The fourth-order valence-electron chi connectivity index (χ4n) is 1.61. The van der Waals surface area contributed by atoms with Crippen molar-refractivity contribution in [2.24, 2.45) is 0 Å². The van der Waals surface area contributed by atoms with Crippen molar-refractivity contribution in [1.29, 1.82) is 0 Å². The normalized spacial score (nSPS) is 22.2. The molecule has 4 nitrogen and oxygen atoms in total. The lowest BCUT2D eigenvalue weighted by Gasteiger charge is -2.19. The van der Waals surface area contributed by atoms with Crippen LogP contribution in [-0.4, -0.2) is 28.6 Å². The molecule has 0 saturated carbocycles. The summed E-state index contributed by atoms with van der Waals surface area (Å²) in [6.45, 7) is 0.810. The number of aliphatic carboxylic acids is 1. The lowest BCUT2D eigenvalue weighted by Crippen LogP contribution is -2.35. The summed E-state index contributed by atoms with van der Waals surface area (Å²) in [5, 5.41) is 11.6. The number of hydrogen-bond acceptors (Lipinski definition) is 4. The fourth-order valence-corrected chi connectivity index (χ4v) is 2.33. The lowest BCUT2D eigenvalue weighted by atomic mass is 10.2. The van der Waals surface area contributed by atoms with E-state index in [1.165, 1.54) is 11.3 Å². The Morgan fingerprint density at radius 2 is 2.62 bits per heavy atom. The molecule has 2 heterocycles. The number of carboxylic acid groups (broad SMARTS) is 1. The molecule has 0 amide bonds. The van der Waals surface area contributed by atoms with E-state index in [2.05, 4.69) is 4.98 Å². The van der Waals surface area contributed by atoms with Gasteiger partial charge >= 0.3 is 5.97 Å². The maximum atomic E-state index is 10.8. The predicted molar refractivity (Wildman–Crippen MR) is 50.1 cm³/mol. The average molecular weight is 198 g/mol. The van der Waals surface area contributed by atoms with Gasteiger partial charge in [0.15, 0.2) is 5.13 Å². The topological polar surface area (TPSA) is 53.4 Å². The Balaban J connectivity index is 2.19. The van der Waals surface area contributed by atoms with Crippen LogP contribution in [0.4, 0.5) is 5.13 Å². The molecule has 1 saturated heterocycles. The van der Waals surface area contributed by atoms with Crippen molar-refractivity contribution in [2.75, 3.05) is 11.4 Å². The van der Waals surface area contributed by atoms with E-state index in [1.807, 2.05) is 10.3 Å². The number of rotatable bonds is 2. The Morgan fingerprint density at radius 3 is 3.23 bits per heavy atom. The van der Waals surface area contributed by atoms with Gasteiger partial charge in [0.2, 0.25) is 0 Å². The molecule has 1 atom stereocenters. The molecule has 1 aromatic rings. The second-order valence-electron chi connectivity index (χ2n) is 3.00. The van der Waals surface area contributed by atoms with Crippen LogP contribution in [0, 0.1) is 0 Å². The lowest BCUT2D eigenvalue weighted by molar-refractivity contribution is -0.138. The van der Waals surface area contributed by atoms with Gasteiger partial charge in [-0.15, -0.1) is 11.3 Å². The molecule has 0 aliphatic carbocycles. The molecule has 1 fully saturated rings. The Morgan fingerprint density at radius 1 is 1.77 bits per heavy atom.